The van der Waals surface area contributed by atoms with E-state index in [-0.39, 0.29) is 11.5 Å². The van der Waals surface area contributed by atoms with Gasteiger partial charge in [0.2, 0.25) is 17.2 Å². The quantitative estimate of drug-likeness (QED) is 0.349. The van der Waals surface area contributed by atoms with Gasteiger partial charge in [-0.15, -0.1) is 0 Å². The highest BCUT2D eigenvalue weighted by Gasteiger charge is 2.33. The Balaban J connectivity index is 2.58. The van der Waals surface area contributed by atoms with E-state index < -0.39 is 16.4 Å². The zero-order valence-corrected chi connectivity index (χ0v) is 12.4. The maximum Gasteiger partial charge on any atom is 0.347 e. The smallest absolute Gasteiger partial charge is 0.347 e. The highest BCUT2D eigenvalue weighted by atomic mass is 16.6. The average molecular weight is 310 g/mol. The maximum atomic E-state index is 12.4. The third-order valence-electron chi connectivity index (χ3n) is 3.05. The van der Waals surface area contributed by atoms with Crippen molar-refractivity contribution < 1.29 is 14.2 Å². The molecule has 0 atom stereocenters. The number of ketones is 1. The Hall–Kier alpha value is -3.28. The lowest BCUT2D eigenvalue weighted by molar-refractivity contribution is -0.385. The molecule has 1 aromatic carbocycles. The van der Waals surface area contributed by atoms with Crippen LogP contribution in [0.25, 0.3) is 5.57 Å². The van der Waals surface area contributed by atoms with Crippen molar-refractivity contribution in [2.75, 3.05) is 0 Å². The lowest BCUT2D eigenvalue weighted by atomic mass is 10.1. The molecule has 0 unspecified atom stereocenters. The lowest BCUT2D eigenvalue weighted by Crippen LogP contribution is -2.05. The Morgan fingerprint density at radius 2 is 2.04 bits per heavy atom. The first-order valence-electron chi connectivity index (χ1n) is 6.79. The molecule has 0 bridgehead atoms. The topological polar surface area (TPSA) is 86.2 Å². The Morgan fingerprint density at radius 3 is 2.61 bits per heavy atom. The summed E-state index contributed by atoms with van der Waals surface area (Å²) in [6.45, 7) is 5.41. The van der Waals surface area contributed by atoms with Gasteiger partial charge in [0, 0.05) is 11.1 Å². The largest absolute Gasteiger partial charge is 0.348 e. The molecule has 1 aromatic heterocycles. The van der Waals surface area contributed by atoms with E-state index in [1.54, 1.807) is 55.5 Å². The van der Waals surface area contributed by atoms with Crippen molar-refractivity contribution in [2.24, 2.45) is 0 Å². The van der Waals surface area contributed by atoms with E-state index in [2.05, 4.69) is 11.7 Å². The summed E-state index contributed by atoms with van der Waals surface area (Å²) in [7, 11) is 0. The number of nitrogens with zero attached hydrogens (tertiary/aromatic N) is 2. The Bertz CT molecular complexity index is 801. The van der Waals surface area contributed by atoms with Gasteiger partial charge in [-0.25, -0.2) is 0 Å². The molecular weight excluding hydrogens is 296 g/mol. The molecule has 2 rings (SSSR count). The van der Waals surface area contributed by atoms with Gasteiger partial charge in [-0.3, -0.25) is 14.9 Å². The third kappa shape index (κ3) is 3.32. The number of allylic oxidation sites excluding steroid dienone is 5. The summed E-state index contributed by atoms with van der Waals surface area (Å²) < 4.78 is 5.06. The van der Waals surface area contributed by atoms with Crippen molar-refractivity contribution in [3.05, 3.63) is 88.3 Å². The third-order valence-corrected chi connectivity index (χ3v) is 3.05. The van der Waals surface area contributed by atoms with E-state index in [4.69, 9.17) is 4.52 Å². The molecule has 0 saturated heterocycles. The highest BCUT2D eigenvalue weighted by Crippen LogP contribution is 2.31. The minimum absolute atomic E-state index is 0.0950. The van der Waals surface area contributed by atoms with Crippen LogP contribution in [0.4, 0.5) is 5.69 Å². The van der Waals surface area contributed by atoms with Gasteiger partial charge in [0.25, 0.3) is 0 Å². The van der Waals surface area contributed by atoms with Crippen LogP contribution in [0.1, 0.15) is 28.7 Å². The van der Waals surface area contributed by atoms with Gasteiger partial charge in [0.05, 0.1) is 4.92 Å². The van der Waals surface area contributed by atoms with Crippen LogP contribution in [0.15, 0.2) is 65.7 Å². The van der Waals surface area contributed by atoms with Crippen LogP contribution in [-0.4, -0.2) is 15.9 Å². The molecule has 1 heterocycles. The number of nitro groups is 1. The second kappa shape index (κ2) is 7.13. The molecule has 0 saturated carbocycles. The van der Waals surface area contributed by atoms with Crippen LogP contribution in [0.2, 0.25) is 0 Å². The summed E-state index contributed by atoms with van der Waals surface area (Å²) in [6.07, 6.45) is 6.44. The average Bonchev–Trinajstić information content (AvgIpc) is 3.01. The van der Waals surface area contributed by atoms with E-state index in [1.807, 2.05) is 0 Å². The summed E-state index contributed by atoms with van der Waals surface area (Å²) in [5, 5.41) is 15.0. The molecule has 116 valence electrons. The van der Waals surface area contributed by atoms with E-state index >= 15 is 0 Å². The predicted molar refractivity (Wildman–Crippen MR) is 86.0 cm³/mol. The minimum atomic E-state index is -0.672. The van der Waals surface area contributed by atoms with Crippen molar-refractivity contribution in [2.45, 2.75) is 6.92 Å². The van der Waals surface area contributed by atoms with Crippen LogP contribution in [0, 0.1) is 10.1 Å². The number of hydrogen-bond acceptors (Lipinski definition) is 5. The summed E-state index contributed by atoms with van der Waals surface area (Å²) in [6, 6.07) is 8.20. The Kier molecular flexibility index (Phi) is 4.99. The van der Waals surface area contributed by atoms with Crippen molar-refractivity contribution >= 4 is 17.0 Å². The molecule has 0 aliphatic heterocycles. The van der Waals surface area contributed by atoms with Crippen molar-refractivity contribution in [1.29, 1.82) is 0 Å². The van der Waals surface area contributed by atoms with E-state index in [1.165, 1.54) is 6.08 Å². The molecule has 6 heteroatoms. The first-order chi connectivity index (χ1) is 11.1. The van der Waals surface area contributed by atoms with E-state index in [0.717, 1.165) is 0 Å². The first kappa shape index (κ1) is 16.1. The molecule has 6 nitrogen and oxygen atoms in total. The molecule has 2 aromatic rings. The molecule has 0 spiro atoms. The second-order valence-electron chi connectivity index (χ2n) is 4.51. The van der Waals surface area contributed by atoms with Crippen LogP contribution in [0.3, 0.4) is 0 Å². The Labute approximate surface area is 132 Å². The van der Waals surface area contributed by atoms with Gasteiger partial charge in [-0.1, -0.05) is 66.4 Å². The molecule has 0 aliphatic carbocycles. The summed E-state index contributed by atoms with van der Waals surface area (Å²) >= 11 is 0. The van der Waals surface area contributed by atoms with Crippen LogP contribution < -0.4 is 0 Å². The predicted octanol–water partition coefficient (Wildman–Crippen LogP) is 3.96. The SMILES string of the molecule is C=C/C(=C\C=C/C)c1onc(C(=O)c2ccccc2)c1[N+](=O)[O-]. The van der Waals surface area contributed by atoms with Crippen molar-refractivity contribution in [1.82, 2.24) is 5.16 Å². The van der Waals surface area contributed by atoms with Crippen LogP contribution in [0.5, 0.6) is 0 Å². The fourth-order valence-electron chi connectivity index (χ4n) is 1.96. The number of rotatable bonds is 6. The molecule has 0 aliphatic rings. The van der Waals surface area contributed by atoms with Crippen LogP contribution in [-0.2, 0) is 0 Å². The number of carbonyl (C=O) groups excluding carboxylic acids is 1. The fourth-order valence-corrected chi connectivity index (χ4v) is 1.96. The standard InChI is InChI=1S/C17H14N2O4/c1-3-5-9-12(4-2)17-15(19(21)22)14(18-23-17)16(20)13-10-7-6-8-11-13/h3-11H,2H2,1H3/b5-3-,12-9+. The lowest BCUT2D eigenvalue weighted by Gasteiger charge is -1.97. The van der Waals surface area contributed by atoms with Gasteiger partial charge in [-0.05, 0) is 6.92 Å². The van der Waals surface area contributed by atoms with Gasteiger partial charge in [0.1, 0.15) is 0 Å². The molecule has 0 amide bonds. The number of aromatic nitrogens is 1. The number of carbonyl (C=O) groups is 1. The van der Waals surface area contributed by atoms with Crippen LogP contribution >= 0.6 is 0 Å². The van der Waals surface area contributed by atoms with E-state index in [0.29, 0.717) is 11.1 Å². The summed E-state index contributed by atoms with van der Waals surface area (Å²) in [5.74, 6) is -0.663. The van der Waals surface area contributed by atoms with Gasteiger partial charge in [0.15, 0.2) is 0 Å². The summed E-state index contributed by atoms with van der Waals surface area (Å²) in [5.41, 5.74) is -0.124. The fraction of sp³-hybridized carbons (Fsp3) is 0.0588. The normalized spacial score (nSPS) is 11.6. The highest BCUT2D eigenvalue weighted by molar-refractivity contribution is 6.10. The van der Waals surface area contributed by atoms with Gasteiger partial charge >= 0.3 is 5.69 Å². The van der Waals surface area contributed by atoms with Gasteiger partial charge < -0.3 is 4.52 Å². The van der Waals surface area contributed by atoms with E-state index in [9.17, 15) is 14.9 Å². The monoisotopic (exact) mass is 310 g/mol. The second-order valence-corrected chi connectivity index (χ2v) is 4.51. The number of hydrogen-bond donors (Lipinski definition) is 0. The minimum Gasteiger partial charge on any atom is -0.348 e. The number of benzene rings is 1. The van der Waals surface area contributed by atoms with Crippen molar-refractivity contribution in [3.8, 4) is 0 Å². The zero-order chi connectivity index (χ0) is 16.8. The summed E-state index contributed by atoms with van der Waals surface area (Å²) in [4.78, 5) is 23.2. The molecule has 0 fully saturated rings. The zero-order valence-electron chi connectivity index (χ0n) is 12.4. The van der Waals surface area contributed by atoms with Gasteiger partial charge in [-0.2, -0.15) is 0 Å². The molecule has 0 N–H and O–H groups in total. The Morgan fingerprint density at radius 1 is 1.35 bits per heavy atom. The maximum absolute atomic E-state index is 12.4. The molecule has 0 radical (unpaired) electrons. The first-order valence-corrected chi connectivity index (χ1v) is 6.79. The molecular formula is C17H14N2O4. The molecule has 23 heavy (non-hydrogen) atoms. The van der Waals surface area contributed by atoms with Crippen molar-refractivity contribution in [3.63, 3.8) is 0 Å².